The molecule has 3 aromatic rings. The van der Waals surface area contributed by atoms with E-state index in [9.17, 15) is 9.59 Å². The molecule has 160 valence electrons. The molecule has 0 radical (unpaired) electrons. The quantitative estimate of drug-likeness (QED) is 0.600. The largest absolute Gasteiger partial charge is 0.371 e. The van der Waals surface area contributed by atoms with Crippen LogP contribution in [0.3, 0.4) is 0 Å². The number of nitrogens with one attached hydrogen (secondary N) is 2. The zero-order valence-electron chi connectivity index (χ0n) is 17.8. The lowest BCUT2D eigenvalue weighted by molar-refractivity contribution is -0.118. The van der Waals surface area contributed by atoms with Crippen LogP contribution in [-0.4, -0.2) is 35.9 Å². The van der Waals surface area contributed by atoms with Gasteiger partial charge in [0.2, 0.25) is 5.91 Å². The zero-order valence-corrected chi connectivity index (χ0v) is 17.8. The van der Waals surface area contributed by atoms with Gasteiger partial charge in [-0.25, -0.2) is 0 Å². The normalized spacial score (nSPS) is 14.4. The first kappa shape index (κ1) is 20.8. The smallest absolute Gasteiger partial charge is 0.271 e. The van der Waals surface area contributed by atoms with E-state index in [2.05, 4.69) is 26.6 Å². The van der Waals surface area contributed by atoms with Crippen LogP contribution >= 0.6 is 0 Å². The molecule has 6 nitrogen and oxygen atoms in total. The molecule has 1 aliphatic heterocycles. The number of anilines is 2. The van der Waals surface area contributed by atoms with Crippen molar-refractivity contribution >= 4 is 34.0 Å². The maximum atomic E-state index is 13.0. The van der Waals surface area contributed by atoms with E-state index >= 15 is 0 Å². The summed E-state index contributed by atoms with van der Waals surface area (Å²) in [4.78, 5) is 32.6. The lowest BCUT2D eigenvalue weighted by Gasteiger charge is -2.20. The predicted molar refractivity (Wildman–Crippen MR) is 124 cm³/mol. The van der Waals surface area contributed by atoms with Crippen LogP contribution in [-0.2, 0) is 4.79 Å². The monoisotopic (exact) mass is 416 g/mol. The van der Waals surface area contributed by atoms with Crippen molar-refractivity contribution in [1.82, 2.24) is 10.3 Å². The van der Waals surface area contributed by atoms with Crippen LogP contribution < -0.4 is 15.5 Å². The van der Waals surface area contributed by atoms with E-state index in [1.54, 1.807) is 6.20 Å². The third-order valence-electron chi connectivity index (χ3n) is 5.67. The third kappa shape index (κ3) is 4.85. The van der Waals surface area contributed by atoms with Crippen molar-refractivity contribution in [3.8, 4) is 0 Å². The van der Waals surface area contributed by atoms with Crippen LogP contribution in [0.25, 0.3) is 10.8 Å². The van der Waals surface area contributed by atoms with E-state index in [1.165, 1.54) is 12.8 Å². The Morgan fingerprint density at radius 2 is 1.87 bits per heavy atom. The molecule has 2 heterocycles. The van der Waals surface area contributed by atoms with E-state index in [4.69, 9.17) is 0 Å². The molecule has 0 bridgehead atoms. The number of aromatic nitrogens is 1. The number of amides is 2. The molecule has 6 heteroatoms. The first-order valence-corrected chi connectivity index (χ1v) is 11.0. The Balaban J connectivity index is 1.48. The number of carbonyl (C=O) groups is 2. The van der Waals surface area contributed by atoms with Gasteiger partial charge in [0.25, 0.3) is 5.91 Å². The van der Waals surface area contributed by atoms with Gasteiger partial charge in [-0.05, 0) is 48.9 Å². The highest BCUT2D eigenvalue weighted by Crippen LogP contribution is 2.23. The second-order valence-corrected chi connectivity index (χ2v) is 7.93. The minimum Gasteiger partial charge on any atom is -0.371 e. The summed E-state index contributed by atoms with van der Waals surface area (Å²) in [6, 6.07) is 16.8. The van der Waals surface area contributed by atoms with E-state index in [1.807, 2.05) is 55.5 Å². The van der Waals surface area contributed by atoms with Gasteiger partial charge in [-0.2, -0.15) is 0 Å². The van der Waals surface area contributed by atoms with Gasteiger partial charge in [0.1, 0.15) is 11.7 Å². The summed E-state index contributed by atoms with van der Waals surface area (Å²) in [5.74, 6) is -0.551. The van der Waals surface area contributed by atoms with E-state index in [0.717, 1.165) is 41.7 Å². The highest BCUT2D eigenvalue weighted by Gasteiger charge is 2.23. The molecular weight excluding hydrogens is 388 g/mol. The molecule has 0 spiro atoms. The number of hydrogen-bond donors (Lipinski definition) is 2. The van der Waals surface area contributed by atoms with Crippen molar-refractivity contribution in [2.24, 2.45) is 0 Å². The topological polar surface area (TPSA) is 74.3 Å². The summed E-state index contributed by atoms with van der Waals surface area (Å²) < 4.78 is 0. The minimum atomic E-state index is -0.631. The zero-order chi connectivity index (χ0) is 21.6. The van der Waals surface area contributed by atoms with Gasteiger partial charge in [0.05, 0.1) is 0 Å². The van der Waals surface area contributed by atoms with Crippen LogP contribution in [0.5, 0.6) is 0 Å². The molecule has 2 aromatic carbocycles. The number of pyridine rings is 1. The van der Waals surface area contributed by atoms with Gasteiger partial charge in [0.15, 0.2) is 0 Å². The van der Waals surface area contributed by atoms with E-state index in [-0.39, 0.29) is 11.8 Å². The molecule has 0 saturated carbocycles. The molecule has 1 fully saturated rings. The van der Waals surface area contributed by atoms with Gasteiger partial charge in [-0.15, -0.1) is 0 Å². The Hall–Kier alpha value is -3.41. The highest BCUT2D eigenvalue weighted by molar-refractivity contribution is 6.07. The Morgan fingerprint density at radius 3 is 2.68 bits per heavy atom. The predicted octanol–water partition coefficient (Wildman–Crippen LogP) is 4.37. The molecule has 1 aliphatic rings. The summed E-state index contributed by atoms with van der Waals surface area (Å²) >= 11 is 0. The summed E-state index contributed by atoms with van der Waals surface area (Å²) in [5.41, 5.74) is 2.20. The first-order chi connectivity index (χ1) is 15.2. The molecular formula is C25H28N4O2. The fourth-order valence-corrected chi connectivity index (χ4v) is 4.07. The first-order valence-electron chi connectivity index (χ1n) is 11.0. The molecule has 2 amide bonds. The average molecular weight is 417 g/mol. The molecule has 1 saturated heterocycles. The fourth-order valence-electron chi connectivity index (χ4n) is 4.07. The summed E-state index contributed by atoms with van der Waals surface area (Å²) in [5, 5.41) is 7.59. The van der Waals surface area contributed by atoms with Gasteiger partial charge in [-0.1, -0.05) is 43.7 Å². The number of benzene rings is 2. The van der Waals surface area contributed by atoms with E-state index in [0.29, 0.717) is 12.1 Å². The lowest BCUT2D eigenvalue weighted by Crippen LogP contribution is -2.44. The third-order valence-corrected chi connectivity index (χ3v) is 5.67. The van der Waals surface area contributed by atoms with Crippen LogP contribution in [0.15, 0.2) is 60.8 Å². The van der Waals surface area contributed by atoms with Crippen molar-refractivity contribution in [1.29, 1.82) is 0 Å². The summed E-state index contributed by atoms with van der Waals surface area (Å²) in [7, 11) is 0. The number of carbonyl (C=O) groups excluding carboxylic acids is 2. The highest BCUT2D eigenvalue weighted by atomic mass is 16.2. The second-order valence-electron chi connectivity index (χ2n) is 7.93. The fraction of sp³-hybridized carbons (Fsp3) is 0.320. The molecule has 4 rings (SSSR count). The summed E-state index contributed by atoms with van der Waals surface area (Å²) in [6.45, 7) is 4.09. The number of nitrogens with zero attached hydrogens (tertiary/aromatic N) is 2. The maximum Gasteiger partial charge on any atom is 0.271 e. The van der Waals surface area contributed by atoms with Crippen LogP contribution in [0.4, 0.5) is 11.4 Å². The van der Waals surface area contributed by atoms with Gasteiger partial charge >= 0.3 is 0 Å². The standard InChI is InChI=1S/C25H28N4O2/c1-2-8-22(28-25(31)23-21-12-4-3-9-18(21)13-14-26-23)24(30)27-19-10-7-11-20(17-19)29-15-5-6-16-29/h3-4,7,9-14,17,22H,2,5-6,8,15-16H2,1H3,(H,27,30)(H,28,31). The maximum absolute atomic E-state index is 13.0. The van der Waals surface area contributed by atoms with Crippen molar-refractivity contribution in [3.05, 3.63) is 66.5 Å². The number of rotatable bonds is 7. The minimum absolute atomic E-state index is 0.214. The van der Waals surface area contributed by atoms with Crippen LogP contribution in [0.2, 0.25) is 0 Å². The molecule has 1 unspecified atom stereocenters. The van der Waals surface area contributed by atoms with Gasteiger partial charge in [-0.3, -0.25) is 14.6 Å². The molecule has 0 aliphatic carbocycles. The Labute approximate surface area is 182 Å². The molecule has 1 aromatic heterocycles. The molecule has 1 atom stereocenters. The van der Waals surface area contributed by atoms with Gasteiger partial charge < -0.3 is 15.5 Å². The van der Waals surface area contributed by atoms with E-state index < -0.39 is 6.04 Å². The average Bonchev–Trinajstić information content (AvgIpc) is 3.33. The van der Waals surface area contributed by atoms with Crippen molar-refractivity contribution in [2.45, 2.75) is 38.6 Å². The second kappa shape index (κ2) is 9.60. The van der Waals surface area contributed by atoms with Crippen molar-refractivity contribution in [3.63, 3.8) is 0 Å². The Bertz CT molecular complexity index is 1070. The Kier molecular flexibility index (Phi) is 6.46. The molecule has 31 heavy (non-hydrogen) atoms. The lowest BCUT2D eigenvalue weighted by atomic mass is 10.1. The van der Waals surface area contributed by atoms with Crippen molar-refractivity contribution < 1.29 is 9.59 Å². The Morgan fingerprint density at radius 1 is 1.06 bits per heavy atom. The summed E-state index contributed by atoms with van der Waals surface area (Å²) in [6.07, 6.45) is 5.34. The van der Waals surface area contributed by atoms with Gasteiger partial charge in [0, 0.05) is 36.0 Å². The number of hydrogen-bond acceptors (Lipinski definition) is 4. The molecule has 2 N–H and O–H groups in total. The van der Waals surface area contributed by atoms with Crippen LogP contribution in [0, 0.1) is 0 Å². The number of fused-ring (bicyclic) bond motifs is 1. The van der Waals surface area contributed by atoms with Crippen molar-refractivity contribution in [2.75, 3.05) is 23.3 Å². The SMILES string of the molecule is CCCC(NC(=O)c1nccc2ccccc12)C(=O)Nc1cccc(N2CCCC2)c1. The van der Waals surface area contributed by atoms with Crippen LogP contribution in [0.1, 0.15) is 43.1 Å².